The van der Waals surface area contributed by atoms with Crippen molar-refractivity contribution in [2.24, 2.45) is 5.41 Å². The Bertz CT molecular complexity index is 1020. The van der Waals surface area contributed by atoms with Gasteiger partial charge >= 0.3 is 0 Å². The smallest absolute Gasteiger partial charge is 0.251 e. The van der Waals surface area contributed by atoms with Gasteiger partial charge in [-0.05, 0) is 42.5 Å². The van der Waals surface area contributed by atoms with Crippen LogP contribution in [-0.4, -0.2) is 44.3 Å². The highest BCUT2D eigenvalue weighted by atomic mass is 32.2. The number of nitrogens with one attached hydrogen (secondary N) is 2. The van der Waals surface area contributed by atoms with Crippen molar-refractivity contribution in [2.75, 3.05) is 13.1 Å². The first kappa shape index (κ1) is 23.4. The summed E-state index contributed by atoms with van der Waals surface area (Å²) in [6, 6.07) is 9.72. The van der Waals surface area contributed by atoms with Crippen molar-refractivity contribution in [3.05, 3.63) is 52.2 Å². The maximum absolute atomic E-state index is 12.7. The number of piperidine rings is 1. The summed E-state index contributed by atoms with van der Waals surface area (Å²) in [5, 5.41) is 4.86. The molecule has 0 saturated carbocycles. The van der Waals surface area contributed by atoms with Gasteiger partial charge in [-0.15, -0.1) is 11.3 Å². The summed E-state index contributed by atoms with van der Waals surface area (Å²) in [4.78, 5) is 27.9. The van der Waals surface area contributed by atoms with Gasteiger partial charge in [-0.25, -0.2) is 13.1 Å². The standard InChI is InChI=1S/C22H29N3O4S2/c1-22(2,3)21(27)25-11-9-17(10-12-25)24-20(26)16-6-4-8-19(14-16)31(28,29)23-15-18-7-5-13-30-18/h4-8,13-14,17,23H,9-12,15H2,1-3H3,(H,24,26). The lowest BCUT2D eigenvalue weighted by Gasteiger charge is -2.36. The van der Waals surface area contributed by atoms with Gasteiger partial charge in [0.15, 0.2) is 0 Å². The first-order valence-corrected chi connectivity index (χ1v) is 12.6. The number of hydrogen-bond acceptors (Lipinski definition) is 5. The minimum absolute atomic E-state index is 0.0475. The Labute approximate surface area is 187 Å². The molecular formula is C22H29N3O4S2. The van der Waals surface area contributed by atoms with Gasteiger partial charge in [-0.2, -0.15) is 0 Å². The zero-order valence-electron chi connectivity index (χ0n) is 18.1. The molecule has 1 aliphatic heterocycles. The zero-order chi connectivity index (χ0) is 22.6. The molecule has 2 N–H and O–H groups in total. The lowest BCUT2D eigenvalue weighted by molar-refractivity contribution is -0.140. The molecule has 3 rings (SSSR count). The largest absolute Gasteiger partial charge is 0.349 e. The van der Waals surface area contributed by atoms with Crippen LogP contribution in [-0.2, 0) is 21.4 Å². The van der Waals surface area contributed by atoms with Gasteiger partial charge in [0, 0.05) is 41.5 Å². The molecular weight excluding hydrogens is 434 g/mol. The molecule has 1 fully saturated rings. The summed E-state index contributed by atoms with van der Waals surface area (Å²) in [6.45, 7) is 7.12. The van der Waals surface area contributed by atoms with Crippen molar-refractivity contribution in [2.45, 2.75) is 51.1 Å². The number of nitrogens with zero attached hydrogens (tertiary/aromatic N) is 1. The van der Waals surface area contributed by atoms with Crippen LogP contribution in [0.15, 0.2) is 46.7 Å². The number of sulfonamides is 1. The molecule has 1 aromatic carbocycles. The number of carbonyl (C=O) groups excluding carboxylic acids is 2. The normalized spacial score (nSPS) is 15.6. The lowest BCUT2D eigenvalue weighted by Crippen LogP contribution is -2.49. The number of thiophene rings is 1. The highest BCUT2D eigenvalue weighted by molar-refractivity contribution is 7.89. The minimum Gasteiger partial charge on any atom is -0.349 e. The van der Waals surface area contributed by atoms with E-state index in [4.69, 9.17) is 0 Å². The van der Waals surface area contributed by atoms with Crippen molar-refractivity contribution in [3.63, 3.8) is 0 Å². The van der Waals surface area contributed by atoms with E-state index in [1.165, 1.54) is 23.5 Å². The van der Waals surface area contributed by atoms with Gasteiger partial charge in [-0.1, -0.05) is 32.9 Å². The second-order valence-corrected chi connectivity index (χ2v) is 11.5. The molecule has 1 aliphatic rings. The first-order chi connectivity index (χ1) is 14.6. The molecule has 0 spiro atoms. The summed E-state index contributed by atoms with van der Waals surface area (Å²) >= 11 is 1.47. The van der Waals surface area contributed by atoms with E-state index >= 15 is 0 Å². The van der Waals surface area contributed by atoms with Gasteiger partial charge in [0.25, 0.3) is 5.91 Å². The van der Waals surface area contributed by atoms with Crippen LogP contribution < -0.4 is 10.0 Å². The van der Waals surface area contributed by atoms with E-state index in [9.17, 15) is 18.0 Å². The van der Waals surface area contributed by atoms with Gasteiger partial charge < -0.3 is 10.2 Å². The first-order valence-electron chi connectivity index (χ1n) is 10.3. The molecule has 2 amide bonds. The molecule has 0 unspecified atom stereocenters. The fourth-order valence-corrected chi connectivity index (χ4v) is 5.23. The number of amides is 2. The van der Waals surface area contributed by atoms with E-state index < -0.39 is 15.4 Å². The Morgan fingerprint density at radius 1 is 1.13 bits per heavy atom. The molecule has 0 aliphatic carbocycles. The predicted molar refractivity (Wildman–Crippen MR) is 121 cm³/mol. The van der Waals surface area contributed by atoms with Crippen molar-refractivity contribution in [1.82, 2.24) is 14.9 Å². The third-order valence-corrected chi connectivity index (χ3v) is 7.46. The Kier molecular flexibility index (Phi) is 7.18. The third-order valence-electron chi connectivity index (χ3n) is 5.18. The molecule has 31 heavy (non-hydrogen) atoms. The number of likely N-dealkylation sites (tertiary alicyclic amines) is 1. The lowest BCUT2D eigenvalue weighted by atomic mass is 9.93. The molecule has 1 saturated heterocycles. The van der Waals surface area contributed by atoms with E-state index in [1.807, 2.05) is 43.2 Å². The van der Waals surface area contributed by atoms with Crippen molar-refractivity contribution >= 4 is 33.2 Å². The Balaban J connectivity index is 1.58. The molecule has 2 heterocycles. The molecule has 7 nitrogen and oxygen atoms in total. The van der Waals surface area contributed by atoms with Gasteiger partial charge in [-0.3, -0.25) is 9.59 Å². The highest BCUT2D eigenvalue weighted by Gasteiger charge is 2.30. The van der Waals surface area contributed by atoms with Crippen LogP contribution in [0.25, 0.3) is 0 Å². The fourth-order valence-electron chi connectivity index (χ4n) is 3.44. The van der Waals surface area contributed by atoms with Crippen LogP contribution in [0.5, 0.6) is 0 Å². The second-order valence-electron chi connectivity index (χ2n) is 8.72. The summed E-state index contributed by atoms with van der Waals surface area (Å²) in [5.41, 5.74) is -0.119. The molecule has 0 radical (unpaired) electrons. The van der Waals surface area contributed by atoms with E-state index in [-0.39, 0.29) is 29.3 Å². The van der Waals surface area contributed by atoms with E-state index in [0.717, 1.165) is 4.88 Å². The van der Waals surface area contributed by atoms with Crippen molar-refractivity contribution in [3.8, 4) is 0 Å². The molecule has 168 valence electrons. The monoisotopic (exact) mass is 463 g/mol. The number of benzene rings is 1. The molecule has 1 aromatic heterocycles. The topological polar surface area (TPSA) is 95.6 Å². The predicted octanol–water partition coefficient (Wildman–Crippen LogP) is 2.99. The summed E-state index contributed by atoms with van der Waals surface area (Å²) in [6.07, 6.45) is 1.35. The van der Waals surface area contributed by atoms with Gasteiger partial charge in [0.1, 0.15) is 0 Å². The maximum Gasteiger partial charge on any atom is 0.251 e. The number of rotatable bonds is 6. The second kappa shape index (κ2) is 9.50. The average Bonchev–Trinajstić information content (AvgIpc) is 3.26. The molecule has 0 atom stereocenters. The maximum atomic E-state index is 12.7. The SMILES string of the molecule is CC(C)(C)C(=O)N1CCC(NC(=O)c2cccc(S(=O)(=O)NCc3cccs3)c2)CC1. The molecule has 0 bridgehead atoms. The van der Waals surface area contributed by atoms with Gasteiger partial charge in [0.2, 0.25) is 15.9 Å². The zero-order valence-corrected chi connectivity index (χ0v) is 19.7. The van der Waals surface area contributed by atoms with Crippen LogP contribution >= 0.6 is 11.3 Å². The average molecular weight is 464 g/mol. The Morgan fingerprint density at radius 3 is 2.45 bits per heavy atom. The van der Waals surface area contributed by atoms with Crippen LogP contribution in [0.1, 0.15) is 48.8 Å². The van der Waals surface area contributed by atoms with Crippen LogP contribution in [0.4, 0.5) is 0 Å². The van der Waals surface area contributed by atoms with Crippen LogP contribution in [0.3, 0.4) is 0 Å². The van der Waals surface area contributed by atoms with Gasteiger partial charge in [0.05, 0.1) is 4.90 Å². The van der Waals surface area contributed by atoms with E-state index in [1.54, 1.807) is 12.1 Å². The number of carbonyl (C=O) groups is 2. The highest BCUT2D eigenvalue weighted by Crippen LogP contribution is 2.21. The van der Waals surface area contributed by atoms with Crippen molar-refractivity contribution < 1.29 is 18.0 Å². The number of hydrogen-bond donors (Lipinski definition) is 2. The summed E-state index contributed by atoms with van der Waals surface area (Å²) in [5.74, 6) is -0.193. The van der Waals surface area contributed by atoms with Crippen LogP contribution in [0.2, 0.25) is 0 Å². The minimum atomic E-state index is -3.72. The Morgan fingerprint density at radius 2 is 1.84 bits per heavy atom. The summed E-state index contributed by atoms with van der Waals surface area (Å²) < 4.78 is 27.8. The third kappa shape index (κ3) is 6.15. The van der Waals surface area contributed by atoms with E-state index in [2.05, 4.69) is 10.0 Å². The Hall–Kier alpha value is -2.23. The van der Waals surface area contributed by atoms with Crippen molar-refractivity contribution in [1.29, 1.82) is 0 Å². The molecule has 9 heteroatoms. The fraction of sp³-hybridized carbons (Fsp3) is 0.455. The van der Waals surface area contributed by atoms with Crippen LogP contribution in [0, 0.1) is 5.41 Å². The van der Waals surface area contributed by atoms with E-state index in [0.29, 0.717) is 31.5 Å². The molecule has 2 aromatic rings. The quantitative estimate of drug-likeness (QED) is 0.688. The summed E-state index contributed by atoms with van der Waals surface area (Å²) in [7, 11) is -3.72.